The Bertz CT molecular complexity index is 1030. The third kappa shape index (κ3) is 2.88. The molecule has 0 unspecified atom stereocenters. The molecule has 1 aliphatic heterocycles. The fourth-order valence-electron chi connectivity index (χ4n) is 2.76. The quantitative estimate of drug-likeness (QED) is 0.828. The summed E-state index contributed by atoms with van der Waals surface area (Å²) in [6, 6.07) is 10.9. The topological polar surface area (TPSA) is 101 Å². The van der Waals surface area contributed by atoms with E-state index in [4.69, 9.17) is 0 Å². The molecule has 2 aromatic carbocycles. The summed E-state index contributed by atoms with van der Waals surface area (Å²) in [7, 11) is -4.08. The van der Waals surface area contributed by atoms with Gasteiger partial charge in [-0.15, -0.1) is 0 Å². The van der Waals surface area contributed by atoms with Crippen LogP contribution in [-0.2, 0) is 14.8 Å². The number of amides is 2. The Hall–Kier alpha value is -3.00. The van der Waals surface area contributed by atoms with Gasteiger partial charge >= 0.3 is 0 Å². The van der Waals surface area contributed by atoms with E-state index < -0.39 is 27.9 Å². The summed E-state index contributed by atoms with van der Waals surface area (Å²) in [6.07, 6.45) is 0. The van der Waals surface area contributed by atoms with Crippen molar-refractivity contribution in [3.8, 4) is 0 Å². The summed E-state index contributed by atoms with van der Waals surface area (Å²) < 4.78 is 25.8. The van der Waals surface area contributed by atoms with Crippen LogP contribution in [0, 0.1) is 0 Å². The van der Waals surface area contributed by atoms with E-state index in [-0.39, 0.29) is 16.2 Å². The van der Waals surface area contributed by atoms with Gasteiger partial charge in [-0.25, -0.2) is 12.7 Å². The number of carbonyl (C=O) groups excluding carboxylic acids is 3. The number of benzene rings is 2. The first-order valence-corrected chi connectivity index (χ1v) is 9.27. The average molecular weight is 372 g/mol. The molecular weight excluding hydrogens is 356 g/mol. The second-order valence-electron chi connectivity index (χ2n) is 5.90. The van der Waals surface area contributed by atoms with E-state index in [1.807, 2.05) is 0 Å². The van der Waals surface area contributed by atoms with E-state index >= 15 is 0 Å². The highest BCUT2D eigenvalue weighted by molar-refractivity contribution is 7.90. The van der Waals surface area contributed by atoms with Crippen LogP contribution in [0.25, 0.3) is 0 Å². The van der Waals surface area contributed by atoms with Gasteiger partial charge in [-0.3, -0.25) is 14.4 Å². The van der Waals surface area contributed by atoms with Gasteiger partial charge in [-0.05, 0) is 38.1 Å². The number of hydrogen-bond acceptors (Lipinski definition) is 5. The van der Waals surface area contributed by atoms with Crippen LogP contribution in [0.5, 0.6) is 0 Å². The van der Waals surface area contributed by atoms with Crippen LogP contribution < -0.4 is 5.32 Å². The minimum atomic E-state index is -4.08. The number of nitrogens with zero attached hydrogens (tertiary/aromatic N) is 1. The van der Waals surface area contributed by atoms with Crippen LogP contribution >= 0.6 is 0 Å². The highest BCUT2D eigenvalue weighted by Gasteiger charge is 2.45. The molecule has 1 aliphatic rings. The molecule has 0 aliphatic carbocycles. The smallest absolute Gasteiger partial charge is 0.269 e. The van der Waals surface area contributed by atoms with Crippen molar-refractivity contribution in [3.63, 3.8) is 0 Å². The first-order chi connectivity index (χ1) is 12.2. The highest BCUT2D eigenvalue weighted by atomic mass is 32.2. The van der Waals surface area contributed by atoms with Gasteiger partial charge < -0.3 is 5.32 Å². The molecule has 134 valence electrons. The second-order valence-corrected chi connectivity index (χ2v) is 7.69. The molecule has 8 heteroatoms. The number of hydrogen-bond donors (Lipinski definition) is 1. The molecule has 0 spiro atoms. The van der Waals surface area contributed by atoms with Gasteiger partial charge in [0.25, 0.3) is 15.9 Å². The van der Waals surface area contributed by atoms with Crippen LogP contribution in [0.3, 0.4) is 0 Å². The maximum atomic E-state index is 12.6. The molecule has 0 fully saturated rings. The second kappa shape index (κ2) is 6.38. The van der Waals surface area contributed by atoms with E-state index in [1.165, 1.54) is 38.1 Å². The van der Waals surface area contributed by atoms with Crippen LogP contribution in [0.15, 0.2) is 53.4 Å². The number of rotatable bonds is 4. The van der Waals surface area contributed by atoms with Gasteiger partial charge in [0.1, 0.15) is 10.9 Å². The maximum absolute atomic E-state index is 12.6. The molecule has 0 saturated carbocycles. The van der Waals surface area contributed by atoms with Gasteiger partial charge in [0.15, 0.2) is 5.78 Å². The molecule has 0 bridgehead atoms. The van der Waals surface area contributed by atoms with E-state index in [1.54, 1.807) is 24.3 Å². The van der Waals surface area contributed by atoms with Crippen LogP contribution in [0.1, 0.15) is 34.6 Å². The molecular formula is C18H16N2O5S. The van der Waals surface area contributed by atoms with Gasteiger partial charge in [0.05, 0.1) is 5.56 Å². The third-order valence-electron chi connectivity index (χ3n) is 4.12. The molecule has 3 rings (SSSR count). The summed E-state index contributed by atoms with van der Waals surface area (Å²) in [4.78, 5) is 36.3. The van der Waals surface area contributed by atoms with Crippen LogP contribution in [0.2, 0.25) is 0 Å². The van der Waals surface area contributed by atoms with Crippen molar-refractivity contribution in [3.05, 3.63) is 59.7 Å². The van der Waals surface area contributed by atoms with Crippen molar-refractivity contribution in [1.29, 1.82) is 0 Å². The molecule has 1 N–H and O–H groups in total. The van der Waals surface area contributed by atoms with Crippen molar-refractivity contribution in [2.24, 2.45) is 0 Å². The highest BCUT2D eigenvalue weighted by Crippen LogP contribution is 2.31. The minimum absolute atomic E-state index is 0.0470. The number of anilines is 1. The van der Waals surface area contributed by atoms with Crippen molar-refractivity contribution >= 4 is 33.3 Å². The molecule has 1 atom stereocenters. The largest absolute Gasteiger partial charge is 0.324 e. The van der Waals surface area contributed by atoms with Gasteiger partial charge in [-0.1, -0.05) is 24.3 Å². The minimum Gasteiger partial charge on any atom is -0.324 e. The number of fused-ring (bicyclic) bond motifs is 1. The zero-order valence-electron chi connectivity index (χ0n) is 14.1. The Morgan fingerprint density at radius 3 is 2.42 bits per heavy atom. The van der Waals surface area contributed by atoms with Crippen molar-refractivity contribution < 1.29 is 22.8 Å². The third-order valence-corrected chi connectivity index (χ3v) is 6.03. The fraction of sp³-hybridized carbons (Fsp3) is 0.167. The zero-order chi connectivity index (χ0) is 19.1. The predicted molar refractivity (Wildman–Crippen MR) is 94.3 cm³/mol. The van der Waals surface area contributed by atoms with E-state index in [0.717, 1.165) is 0 Å². The van der Waals surface area contributed by atoms with Crippen molar-refractivity contribution in [2.75, 3.05) is 5.32 Å². The summed E-state index contributed by atoms with van der Waals surface area (Å²) >= 11 is 0. The summed E-state index contributed by atoms with van der Waals surface area (Å²) in [6.45, 7) is 2.74. The molecule has 2 aromatic rings. The van der Waals surface area contributed by atoms with E-state index in [9.17, 15) is 22.8 Å². The summed E-state index contributed by atoms with van der Waals surface area (Å²) in [5, 5.41) is 2.55. The molecule has 26 heavy (non-hydrogen) atoms. The SMILES string of the molecule is CC(=O)c1cccc(NC(=O)[C@H](C)N2C(=O)c3ccccc3S2(=O)=O)c1. The lowest BCUT2D eigenvalue weighted by atomic mass is 10.1. The molecule has 0 aromatic heterocycles. The first kappa shape index (κ1) is 17.8. The summed E-state index contributed by atoms with van der Waals surface area (Å²) in [5.74, 6) is -1.57. The first-order valence-electron chi connectivity index (χ1n) is 7.83. The van der Waals surface area contributed by atoms with Gasteiger partial charge in [0.2, 0.25) is 5.91 Å². The lowest BCUT2D eigenvalue weighted by Crippen LogP contribution is -2.45. The standard InChI is InChI=1S/C18H16N2O5S/c1-11(17(22)19-14-7-5-6-13(10-14)12(2)21)20-18(23)15-8-3-4-9-16(15)26(20,24)25/h3-11H,1-2H3,(H,19,22)/t11-/m0/s1. The average Bonchev–Trinajstić information content (AvgIpc) is 2.81. The Balaban J connectivity index is 1.87. The molecule has 1 heterocycles. The Morgan fingerprint density at radius 1 is 1.08 bits per heavy atom. The number of nitrogens with one attached hydrogen (secondary N) is 1. The molecule has 0 saturated heterocycles. The Labute approximate surface area is 150 Å². The van der Waals surface area contributed by atoms with E-state index in [2.05, 4.69) is 5.32 Å². The molecule has 2 amide bonds. The van der Waals surface area contributed by atoms with Gasteiger partial charge in [-0.2, -0.15) is 0 Å². The van der Waals surface area contributed by atoms with E-state index in [0.29, 0.717) is 15.6 Å². The zero-order valence-corrected chi connectivity index (χ0v) is 14.9. The fourth-order valence-corrected chi connectivity index (χ4v) is 4.48. The lowest BCUT2D eigenvalue weighted by molar-refractivity contribution is -0.118. The van der Waals surface area contributed by atoms with Crippen molar-refractivity contribution in [1.82, 2.24) is 4.31 Å². The van der Waals surface area contributed by atoms with Crippen LogP contribution in [0.4, 0.5) is 5.69 Å². The maximum Gasteiger partial charge on any atom is 0.269 e. The lowest BCUT2D eigenvalue weighted by Gasteiger charge is -2.22. The Kier molecular flexibility index (Phi) is 4.37. The number of ketones is 1. The van der Waals surface area contributed by atoms with Crippen LogP contribution in [-0.4, -0.2) is 36.4 Å². The normalized spacial score (nSPS) is 16.1. The number of carbonyl (C=O) groups is 3. The molecule has 0 radical (unpaired) electrons. The Morgan fingerprint density at radius 2 is 1.77 bits per heavy atom. The van der Waals surface area contributed by atoms with Crippen molar-refractivity contribution in [2.45, 2.75) is 24.8 Å². The predicted octanol–water partition coefficient (Wildman–Crippen LogP) is 2.06. The van der Waals surface area contributed by atoms with Gasteiger partial charge in [0, 0.05) is 11.3 Å². The number of sulfonamides is 1. The summed E-state index contributed by atoms with van der Waals surface area (Å²) in [5.41, 5.74) is 0.801. The molecule has 7 nitrogen and oxygen atoms in total. The monoisotopic (exact) mass is 372 g/mol. The number of Topliss-reactive ketones (excluding diaryl/α,β-unsaturated/α-hetero) is 1.